The molecule has 0 aromatic heterocycles. The second-order valence-corrected chi connectivity index (χ2v) is 26.8. The van der Waals surface area contributed by atoms with Gasteiger partial charge in [-0.1, -0.05) is 55.0 Å². The molecule has 526 valence electrons. The Morgan fingerprint density at radius 2 is 1.02 bits per heavy atom. The van der Waals surface area contributed by atoms with Crippen LogP contribution in [-0.4, -0.2) is 246 Å². The van der Waals surface area contributed by atoms with Crippen molar-refractivity contribution in [2.75, 3.05) is 164 Å². The van der Waals surface area contributed by atoms with Crippen molar-refractivity contribution in [3.05, 3.63) is 59.7 Å². The number of unbranched alkanes of at least 4 members (excludes halogenated alkanes) is 1. The van der Waals surface area contributed by atoms with Gasteiger partial charge in [-0.2, -0.15) is 11.8 Å². The van der Waals surface area contributed by atoms with Gasteiger partial charge in [-0.15, -0.1) is 0 Å². The Labute approximate surface area is 556 Å². The molecule has 5 N–H and O–H groups in total. The number of urea groups is 1. The van der Waals surface area contributed by atoms with Crippen molar-refractivity contribution in [1.29, 1.82) is 0 Å². The molecule has 2 heterocycles. The number of hydrogen-bond donors (Lipinski definition) is 5. The molecule has 2 saturated heterocycles. The molecule has 0 bridgehead atoms. The van der Waals surface area contributed by atoms with Crippen molar-refractivity contribution >= 4 is 41.8 Å². The molecule has 5 atom stereocenters. The van der Waals surface area contributed by atoms with Crippen molar-refractivity contribution in [2.45, 2.75) is 165 Å². The van der Waals surface area contributed by atoms with Crippen molar-refractivity contribution in [3.8, 4) is 11.1 Å². The van der Waals surface area contributed by atoms with Crippen molar-refractivity contribution in [1.82, 2.24) is 31.5 Å². The predicted octanol–water partition coefficient (Wildman–Crippen LogP) is 7.36. The fraction of sp³-hybridized carbons (Fsp3) is 0.750. The summed E-state index contributed by atoms with van der Waals surface area (Å²) in [6.07, 6.45) is 7.55. The molecule has 2 saturated carbocycles. The van der Waals surface area contributed by atoms with Gasteiger partial charge in [0.05, 0.1) is 157 Å². The second kappa shape index (κ2) is 44.0. The lowest BCUT2D eigenvalue weighted by atomic mass is 9.90. The zero-order chi connectivity index (χ0) is 66.4. The molecular weight excluding hydrogens is 1220 g/mol. The number of carbonyl (C=O) groups is 5. The number of nitrogens with one attached hydrogen (secondary N) is 5. The van der Waals surface area contributed by atoms with E-state index in [2.05, 4.69) is 63.0 Å². The minimum Gasteiger partial charge on any atom is -0.444 e. The summed E-state index contributed by atoms with van der Waals surface area (Å²) >= 11 is 1.90. The molecule has 6 amide bonds. The van der Waals surface area contributed by atoms with E-state index in [1.165, 1.54) is 5.56 Å². The average molecular weight is 1330 g/mol. The number of carbonyl (C=O) groups excluding carboxylic acids is 5. The first-order valence-electron chi connectivity index (χ1n) is 33.8. The third-order valence-corrected chi connectivity index (χ3v) is 17.2. The number of ether oxygens (including phenoxy) is 13. The largest absolute Gasteiger partial charge is 0.444 e. The fourth-order valence-corrected chi connectivity index (χ4v) is 12.6. The first-order valence-corrected chi connectivity index (χ1v) is 34.8. The molecule has 0 unspecified atom stereocenters. The Bertz CT molecular complexity index is 2430. The van der Waals surface area contributed by atoms with Gasteiger partial charge in [-0.25, -0.2) is 14.4 Å². The highest BCUT2D eigenvalue weighted by Crippen LogP contribution is 2.48. The quantitative estimate of drug-likeness (QED) is 0.0320. The average Bonchev–Trinajstić information content (AvgIpc) is 1.62. The van der Waals surface area contributed by atoms with E-state index in [-0.39, 0.29) is 60.1 Å². The van der Waals surface area contributed by atoms with Crippen LogP contribution >= 0.6 is 11.8 Å². The SMILES string of the molecule is CC(C)(C)OC(=O)NC1CCC(N(C(=O)OC(C)(C)C)[C@@H]2C[C@H]2c2ccc(-c3cccc(CCC(=O)NCCOCCOCCOCCOCCOCCOCCOCCOCCOCCOCCOCCNC(=O)CCCC[C@@H]4SC[C@@H]5NC(=O)N[C@@H]54)c3)cc2)CC1. The molecule has 2 aliphatic carbocycles. The first kappa shape index (κ1) is 77.1. The van der Waals surface area contributed by atoms with E-state index in [4.69, 9.17) is 61.6 Å². The van der Waals surface area contributed by atoms with Gasteiger partial charge in [-0.3, -0.25) is 9.59 Å². The van der Waals surface area contributed by atoms with E-state index in [0.29, 0.717) is 183 Å². The Hall–Kier alpha value is -4.90. The van der Waals surface area contributed by atoms with Gasteiger partial charge < -0.3 is 93.1 Å². The van der Waals surface area contributed by atoms with Gasteiger partial charge in [0, 0.05) is 61.0 Å². The van der Waals surface area contributed by atoms with Crippen LogP contribution in [-0.2, 0) is 77.6 Å². The number of aryl methyl sites for hydroxylation is 1. The highest BCUT2D eigenvalue weighted by molar-refractivity contribution is 8.00. The molecule has 0 spiro atoms. The van der Waals surface area contributed by atoms with Gasteiger partial charge in [0.15, 0.2) is 0 Å². The van der Waals surface area contributed by atoms with Gasteiger partial charge in [0.25, 0.3) is 0 Å². The monoisotopic (exact) mass is 1330 g/mol. The van der Waals surface area contributed by atoms with Crippen LogP contribution < -0.4 is 26.6 Å². The summed E-state index contributed by atoms with van der Waals surface area (Å²) in [4.78, 5) is 64.5. The van der Waals surface area contributed by atoms with Crippen LogP contribution in [0, 0.1) is 0 Å². The minimum absolute atomic E-state index is 0.00813. The van der Waals surface area contributed by atoms with E-state index in [1.807, 2.05) is 70.3 Å². The number of rotatable bonds is 49. The maximum Gasteiger partial charge on any atom is 0.410 e. The highest BCUT2D eigenvalue weighted by atomic mass is 32.2. The van der Waals surface area contributed by atoms with Gasteiger partial charge in [-0.05, 0) is 115 Å². The van der Waals surface area contributed by atoms with E-state index >= 15 is 0 Å². The molecule has 2 aromatic rings. The highest BCUT2D eigenvalue weighted by Gasteiger charge is 2.49. The number of hydrogen-bond acceptors (Lipinski definition) is 19. The first-order chi connectivity index (χ1) is 45.0. The fourth-order valence-electron chi connectivity index (χ4n) is 11.1. The molecule has 4 aliphatic rings. The molecule has 24 nitrogen and oxygen atoms in total. The lowest BCUT2D eigenvalue weighted by molar-refractivity contribution is -0.122. The zero-order valence-electron chi connectivity index (χ0n) is 56.3. The summed E-state index contributed by atoms with van der Waals surface area (Å²) in [5.74, 6) is 1.17. The predicted molar refractivity (Wildman–Crippen MR) is 354 cm³/mol. The van der Waals surface area contributed by atoms with Crippen LogP contribution in [0.4, 0.5) is 14.4 Å². The van der Waals surface area contributed by atoms with E-state index in [9.17, 15) is 24.0 Å². The summed E-state index contributed by atoms with van der Waals surface area (Å²) in [6, 6.07) is 17.4. The lowest BCUT2D eigenvalue weighted by Crippen LogP contribution is -2.49. The van der Waals surface area contributed by atoms with Crippen molar-refractivity contribution in [3.63, 3.8) is 0 Å². The van der Waals surface area contributed by atoms with Gasteiger partial charge in [0.2, 0.25) is 11.8 Å². The summed E-state index contributed by atoms with van der Waals surface area (Å²) in [5, 5.41) is 15.3. The summed E-state index contributed by atoms with van der Waals surface area (Å²) in [5.41, 5.74) is 3.27. The van der Waals surface area contributed by atoms with Gasteiger partial charge >= 0.3 is 18.2 Å². The molecular formula is C68H110N6O18S. The van der Waals surface area contributed by atoms with E-state index < -0.39 is 17.3 Å². The molecule has 0 radical (unpaired) electrons. The Morgan fingerprint density at radius 3 is 1.51 bits per heavy atom. The molecule has 25 heteroatoms. The molecule has 2 aliphatic heterocycles. The van der Waals surface area contributed by atoms with E-state index in [0.717, 1.165) is 73.8 Å². The Morgan fingerprint density at radius 1 is 0.548 bits per heavy atom. The number of amides is 6. The maximum absolute atomic E-state index is 13.7. The number of alkyl carbamates (subject to hydrolysis) is 1. The van der Waals surface area contributed by atoms with Crippen LogP contribution in [0.2, 0.25) is 0 Å². The second-order valence-electron chi connectivity index (χ2n) is 25.6. The summed E-state index contributed by atoms with van der Waals surface area (Å²) in [7, 11) is 0. The smallest absolute Gasteiger partial charge is 0.410 e. The van der Waals surface area contributed by atoms with Gasteiger partial charge in [0.1, 0.15) is 11.2 Å². The standard InChI is InChI=1S/C68H110N6O18S/c1-67(2,3)91-65(78)71-55-19-21-56(22-20-55)74(66(79)92-68(4,5)6)59-49-57(59)53-17-15-52(16-18-53)54-11-9-10-51(48-54)14-23-62(76)70-25-27-81-29-31-83-33-35-85-37-39-87-41-43-89-45-47-90-46-44-88-42-40-86-38-36-84-34-32-82-30-28-80-26-24-69-61(75)13-8-7-12-60-63-58(50-93-60)72-64(77)73-63/h9-11,15-18,48,55-60,63H,7-8,12-14,19-47,49-50H2,1-6H3,(H,69,75)(H,70,76)(H,71,78)(H2,72,73,77)/t55?,56?,57-,58-,59+,60-,63-/m0/s1. The van der Waals surface area contributed by atoms with Crippen LogP contribution in [0.3, 0.4) is 0 Å². The van der Waals surface area contributed by atoms with Crippen molar-refractivity contribution in [2.24, 2.45) is 0 Å². The number of fused-ring (bicyclic) bond motifs is 1. The summed E-state index contributed by atoms with van der Waals surface area (Å²) in [6.45, 7) is 22.1. The Kier molecular flexibility index (Phi) is 36.5. The zero-order valence-corrected chi connectivity index (χ0v) is 57.1. The normalized spacial score (nSPS) is 20.2. The summed E-state index contributed by atoms with van der Waals surface area (Å²) < 4.78 is 72.6. The third-order valence-electron chi connectivity index (χ3n) is 15.7. The molecule has 93 heavy (non-hydrogen) atoms. The maximum atomic E-state index is 13.7. The minimum atomic E-state index is -0.613. The van der Waals surface area contributed by atoms with Crippen LogP contribution in [0.5, 0.6) is 0 Å². The molecule has 4 fully saturated rings. The van der Waals surface area contributed by atoms with Crippen LogP contribution in [0.1, 0.15) is 123 Å². The van der Waals surface area contributed by atoms with Crippen LogP contribution in [0.15, 0.2) is 48.5 Å². The Balaban J connectivity index is 0.635. The topological polar surface area (TPSA) is 269 Å². The number of nitrogens with zero attached hydrogens (tertiary/aromatic N) is 1. The number of benzene rings is 2. The van der Waals surface area contributed by atoms with Crippen molar-refractivity contribution < 1.29 is 85.6 Å². The molecule has 6 rings (SSSR count). The lowest BCUT2D eigenvalue weighted by Gasteiger charge is -2.38. The third kappa shape index (κ3) is 33.1. The number of thioether (sulfide) groups is 1. The molecule has 2 aromatic carbocycles. The van der Waals surface area contributed by atoms with Crippen LogP contribution in [0.25, 0.3) is 11.1 Å². The van der Waals surface area contributed by atoms with E-state index in [1.54, 1.807) is 0 Å².